The molecular formula is C24H17FS. The SMILES string of the molecule is Fc1cccc(-c2cccc3c2sc2c(C4=CC=CCC4)cccc23)c1. The lowest BCUT2D eigenvalue weighted by atomic mass is 9.95. The molecule has 0 aliphatic heterocycles. The van der Waals surface area contributed by atoms with Crippen molar-refractivity contribution in [3.63, 3.8) is 0 Å². The third-order valence-electron chi connectivity index (χ3n) is 5.02. The van der Waals surface area contributed by atoms with E-state index in [1.165, 1.54) is 37.4 Å². The summed E-state index contributed by atoms with van der Waals surface area (Å²) in [5, 5.41) is 2.54. The molecular weight excluding hydrogens is 339 g/mol. The summed E-state index contributed by atoms with van der Waals surface area (Å²) in [5.41, 5.74) is 4.77. The average Bonchev–Trinajstić information content (AvgIpc) is 3.07. The molecule has 0 unspecified atom stereocenters. The summed E-state index contributed by atoms with van der Waals surface area (Å²) in [6.07, 6.45) is 8.79. The van der Waals surface area contributed by atoms with Crippen LogP contribution in [0.3, 0.4) is 0 Å². The molecule has 1 aliphatic carbocycles. The van der Waals surface area contributed by atoms with Crippen molar-refractivity contribution < 1.29 is 4.39 Å². The molecule has 1 aromatic heterocycles. The Labute approximate surface area is 155 Å². The zero-order valence-electron chi connectivity index (χ0n) is 14.2. The van der Waals surface area contributed by atoms with Gasteiger partial charge in [-0.25, -0.2) is 4.39 Å². The molecule has 126 valence electrons. The number of allylic oxidation sites excluding steroid dienone is 4. The predicted molar refractivity (Wildman–Crippen MR) is 111 cm³/mol. The van der Waals surface area contributed by atoms with E-state index in [0.717, 1.165) is 24.0 Å². The van der Waals surface area contributed by atoms with Gasteiger partial charge in [-0.1, -0.05) is 66.8 Å². The zero-order chi connectivity index (χ0) is 17.5. The van der Waals surface area contributed by atoms with Crippen LogP contribution in [0.5, 0.6) is 0 Å². The van der Waals surface area contributed by atoms with Gasteiger partial charge in [0.15, 0.2) is 0 Å². The molecule has 0 atom stereocenters. The normalized spacial score (nSPS) is 14.1. The van der Waals surface area contributed by atoms with Crippen LogP contribution in [-0.2, 0) is 0 Å². The fourth-order valence-corrected chi connectivity index (χ4v) is 5.17. The molecule has 0 nitrogen and oxygen atoms in total. The van der Waals surface area contributed by atoms with Gasteiger partial charge in [-0.15, -0.1) is 11.3 Å². The maximum Gasteiger partial charge on any atom is 0.123 e. The van der Waals surface area contributed by atoms with Crippen molar-refractivity contribution in [3.8, 4) is 11.1 Å². The van der Waals surface area contributed by atoms with E-state index in [-0.39, 0.29) is 5.82 Å². The number of hydrogen-bond donors (Lipinski definition) is 0. The number of hydrogen-bond acceptors (Lipinski definition) is 1. The molecule has 0 saturated heterocycles. The summed E-state index contributed by atoms with van der Waals surface area (Å²) in [6.45, 7) is 0. The number of halogens is 1. The van der Waals surface area contributed by atoms with Crippen molar-refractivity contribution in [2.75, 3.05) is 0 Å². The van der Waals surface area contributed by atoms with Gasteiger partial charge in [0.2, 0.25) is 0 Å². The van der Waals surface area contributed by atoms with Gasteiger partial charge >= 0.3 is 0 Å². The third-order valence-corrected chi connectivity index (χ3v) is 6.31. The van der Waals surface area contributed by atoms with Gasteiger partial charge in [-0.05, 0) is 47.2 Å². The first-order valence-corrected chi connectivity index (χ1v) is 9.69. The molecule has 0 saturated carbocycles. The number of benzene rings is 3. The first kappa shape index (κ1) is 15.5. The first-order valence-electron chi connectivity index (χ1n) is 8.87. The van der Waals surface area contributed by atoms with Gasteiger partial charge in [0.05, 0.1) is 0 Å². The minimum Gasteiger partial charge on any atom is -0.207 e. The monoisotopic (exact) mass is 356 g/mol. The Morgan fingerprint density at radius 3 is 2.27 bits per heavy atom. The van der Waals surface area contributed by atoms with E-state index in [4.69, 9.17) is 0 Å². The van der Waals surface area contributed by atoms with Crippen LogP contribution >= 0.6 is 11.3 Å². The molecule has 26 heavy (non-hydrogen) atoms. The largest absolute Gasteiger partial charge is 0.207 e. The van der Waals surface area contributed by atoms with Crippen molar-refractivity contribution in [2.45, 2.75) is 12.8 Å². The average molecular weight is 356 g/mol. The molecule has 0 bridgehead atoms. The van der Waals surface area contributed by atoms with E-state index >= 15 is 0 Å². The standard InChI is InChI=1S/C24H17FS/c25-18-10-4-9-17(15-18)20-12-6-14-22-21-13-5-11-19(23(21)26-24(20)22)16-7-2-1-3-8-16/h1-2,4-7,9-15H,3,8H2. The Balaban J connectivity index is 1.81. The molecule has 0 N–H and O–H groups in total. The van der Waals surface area contributed by atoms with Crippen molar-refractivity contribution in [2.24, 2.45) is 0 Å². The Bertz CT molecular complexity index is 1190. The van der Waals surface area contributed by atoms with Crippen LogP contribution < -0.4 is 0 Å². The lowest BCUT2D eigenvalue weighted by Crippen LogP contribution is -1.87. The van der Waals surface area contributed by atoms with E-state index in [2.05, 4.69) is 54.6 Å². The summed E-state index contributed by atoms with van der Waals surface area (Å²) in [5.74, 6) is -0.194. The van der Waals surface area contributed by atoms with Crippen LogP contribution in [0.25, 0.3) is 36.9 Å². The molecule has 1 aliphatic rings. The quantitative estimate of drug-likeness (QED) is 0.347. The van der Waals surface area contributed by atoms with Crippen molar-refractivity contribution in [3.05, 3.63) is 90.3 Å². The minimum atomic E-state index is -0.194. The number of rotatable bonds is 2. The van der Waals surface area contributed by atoms with Gasteiger partial charge < -0.3 is 0 Å². The summed E-state index contributed by atoms with van der Waals surface area (Å²) >= 11 is 1.82. The molecule has 3 aromatic carbocycles. The number of thiophene rings is 1. The van der Waals surface area contributed by atoms with E-state index < -0.39 is 0 Å². The second kappa shape index (κ2) is 6.22. The Hall–Kier alpha value is -2.71. The van der Waals surface area contributed by atoms with E-state index in [1.54, 1.807) is 12.1 Å². The summed E-state index contributed by atoms with van der Waals surface area (Å²) in [6, 6.07) is 19.8. The molecule has 0 spiro atoms. The second-order valence-electron chi connectivity index (χ2n) is 6.64. The lowest BCUT2D eigenvalue weighted by Gasteiger charge is -2.10. The van der Waals surface area contributed by atoms with Crippen molar-refractivity contribution in [1.29, 1.82) is 0 Å². The molecule has 0 radical (unpaired) electrons. The topological polar surface area (TPSA) is 0 Å². The van der Waals surface area contributed by atoms with E-state index in [9.17, 15) is 4.39 Å². The fraction of sp³-hybridized carbons (Fsp3) is 0.0833. The second-order valence-corrected chi connectivity index (χ2v) is 7.66. The highest BCUT2D eigenvalue weighted by molar-refractivity contribution is 7.26. The van der Waals surface area contributed by atoms with Crippen LogP contribution in [-0.4, -0.2) is 0 Å². The Morgan fingerprint density at radius 2 is 1.54 bits per heavy atom. The molecule has 0 amide bonds. The smallest absolute Gasteiger partial charge is 0.123 e. The van der Waals surface area contributed by atoms with Gasteiger partial charge in [0.1, 0.15) is 5.82 Å². The maximum atomic E-state index is 13.8. The van der Waals surface area contributed by atoms with Gasteiger partial charge in [-0.2, -0.15) is 0 Å². The maximum absolute atomic E-state index is 13.8. The van der Waals surface area contributed by atoms with Crippen LogP contribution in [0, 0.1) is 5.82 Å². The van der Waals surface area contributed by atoms with Crippen LogP contribution in [0.2, 0.25) is 0 Å². The lowest BCUT2D eigenvalue weighted by molar-refractivity contribution is 0.628. The molecule has 0 fully saturated rings. The Morgan fingerprint density at radius 1 is 0.808 bits per heavy atom. The Kier molecular flexibility index (Phi) is 3.72. The summed E-state index contributed by atoms with van der Waals surface area (Å²) in [4.78, 5) is 0. The van der Waals surface area contributed by atoms with Crippen molar-refractivity contribution in [1.82, 2.24) is 0 Å². The van der Waals surface area contributed by atoms with E-state index in [0.29, 0.717) is 0 Å². The van der Waals surface area contributed by atoms with Gasteiger partial charge in [-0.3, -0.25) is 0 Å². The highest BCUT2D eigenvalue weighted by atomic mass is 32.1. The molecule has 5 rings (SSSR count). The summed E-state index contributed by atoms with van der Waals surface area (Å²) < 4.78 is 16.3. The van der Waals surface area contributed by atoms with E-state index in [1.807, 2.05) is 17.4 Å². The van der Waals surface area contributed by atoms with Gasteiger partial charge in [0, 0.05) is 20.2 Å². The van der Waals surface area contributed by atoms with Crippen LogP contribution in [0.4, 0.5) is 4.39 Å². The predicted octanol–water partition coefficient (Wildman–Crippen LogP) is 7.59. The first-order chi connectivity index (χ1) is 12.8. The molecule has 2 heteroatoms. The molecule has 4 aromatic rings. The number of fused-ring (bicyclic) bond motifs is 3. The fourth-order valence-electron chi connectivity index (χ4n) is 3.78. The highest BCUT2D eigenvalue weighted by Crippen LogP contribution is 2.43. The minimum absolute atomic E-state index is 0.194. The van der Waals surface area contributed by atoms with Gasteiger partial charge in [0.25, 0.3) is 0 Å². The zero-order valence-corrected chi connectivity index (χ0v) is 15.0. The van der Waals surface area contributed by atoms with Crippen LogP contribution in [0.15, 0.2) is 78.9 Å². The molecule has 1 heterocycles. The third kappa shape index (κ3) is 2.49. The summed E-state index contributed by atoms with van der Waals surface area (Å²) in [7, 11) is 0. The highest BCUT2D eigenvalue weighted by Gasteiger charge is 2.15. The van der Waals surface area contributed by atoms with Crippen molar-refractivity contribution >= 4 is 37.1 Å². The van der Waals surface area contributed by atoms with Crippen LogP contribution in [0.1, 0.15) is 18.4 Å².